The standard InChI is InChI=1S/C17H18N4O/c22-17-20(13-7-3-1-4-8-13)15-11-18-12-19-16(15)21(17)14-9-5-2-6-10-14/h2,5-6,9-13H,1,3-4,7-8H2. The van der Waals surface area contributed by atoms with Gasteiger partial charge in [-0.1, -0.05) is 37.5 Å². The summed E-state index contributed by atoms with van der Waals surface area (Å²) in [6.07, 6.45) is 9.01. The van der Waals surface area contributed by atoms with Crippen molar-refractivity contribution in [1.82, 2.24) is 19.1 Å². The normalized spacial score (nSPS) is 16.2. The quantitative estimate of drug-likeness (QED) is 0.730. The number of hydrogen-bond acceptors (Lipinski definition) is 3. The van der Waals surface area contributed by atoms with Crippen LogP contribution in [-0.2, 0) is 0 Å². The molecule has 0 radical (unpaired) electrons. The number of hydrogen-bond donors (Lipinski definition) is 0. The summed E-state index contributed by atoms with van der Waals surface area (Å²) in [7, 11) is 0. The van der Waals surface area contributed by atoms with Gasteiger partial charge in [-0.2, -0.15) is 0 Å². The first-order chi connectivity index (χ1) is 10.9. The van der Waals surface area contributed by atoms with Gasteiger partial charge in [-0.05, 0) is 25.0 Å². The van der Waals surface area contributed by atoms with Crippen molar-refractivity contribution in [2.45, 2.75) is 38.1 Å². The minimum absolute atomic E-state index is 0.00593. The summed E-state index contributed by atoms with van der Waals surface area (Å²) < 4.78 is 3.60. The van der Waals surface area contributed by atoms with Gasteiger partial charge in [0.05, 0.1) is 11.9 Å². The Labute approximate surface area is 128 Å². The number of fused-ring (bicyclic) bond motifs is 1. The summed E-state index contributed by atoms with van der Waals surface area (Å²) in [5.74, 6) is 0. The first kappa shape index (κ1) is 13.2. The van der Waals surface area contributed by atoms with E-state index in [9.17, 15) is 4.79 Å². The van der Waals surface area contributed by atoms with E-state index < -0.39 is 0 Å². The smallest absolute Gasteiger partial charge is 0.286 e. The van der Waals surface area contributed by atoms with Crippen molar-refractivity contribution in [2.75, 3.05) is 0 Å². The van der Waals surface area contributed by atoms with Crippen molar-refractivity contribution in [3.05, 3.63) is 53.3 Å². The fraction of sp³-hybridized carbons (Fsp3) is 0.353. The van der Waals surface area contributed by atoms with Crippen LogP contribution in [0.2, 0.25) is 0 Å². The number of aromatic nitrogens is 4. The van der Waals surface area contributed by atoms with Gasteiger partial charge < -0.3 is 0 Å². The molecular formula is C17H18N4O. The number of nitrogens with zero attached hydrogens (tertiary/aromatic N) is 4. The van der Waals surface area contributed by atoms with Gasteiger partial charge in [-0.3, -0.25) is 4.57 Å². The molecule has 0 N–H and O–H groups in total. The van der Waals surface area contributed by atoms with Crippen LogP contribution in [0.25, 0.3) is 16.9 Å². The van der Waals surface area contributed by atoms with E-state index in [1.807, 2.05) is 34.9 Å². The molecular weight excluding hydrogens is 276 g/mol. The molecule has 0 aliphatic heterocycles. The van der Waals surface area contributed by atoms with Crippen LogP contribution in [0.15, 0.2) is 47.7 Å². The van der Waals surface area contributed by atoms with Crippen molar-refractivity contribution in [2.24, 2.45) is 0 Å². The second-order valence-corrected chi connectivity index (χ2v) is 5.85. The fourth-order valence-electron chi connectivity index (χ4n) is 3.46. The largest absolute Gasteiger partial charge is 0.335 e. The molecule has 1 aromatic carbocycles. The van der Waals surface area contributed by atoms with Crippen LogP contribution in [0.3, 0.4) is 0 Å². The molecule has 0 unspecified atom stereocenters. The molecule has 5 nitrogen and oxygen atoms in total. The topological polar surface area (TPSA) is 52.7 Å². The van der Waals surface area contributed by atoms with Gasteiger partial charge in [-0.15, -0.1) is 0 Å². The highest BCUT2D eigenvalue weighted by Gasteiger charge is 2.23. The summed E-state index contributed by atoms with van der Waals surface area (Å²) >= 11 is 0. The molecule has 112 valence electrons. The average molecular weight is 294 g/mol. The van der Waals surface area contributed by atoms with Crippen LogP contribution in [-0.4, -0.2) is 19.1 Å². The average Bonchev–Trinajstić information content (AvgIpc) is 2.88. The van der Waals surface area contributed by atoms with Crippen molar-refractivity contribution in [3.63, 3.8) is 0 Å². The lowest BCUT2D eigenvalue weighted by molar-refractivity contribution is 0.352. The van der Waals surface area contributed by atoms with Gasteiger partial charge in [0.15, 0.2) is 5.65 Å². The highest BCUT2D eigenvalue weighted by atomic mass is 16.1. The van der Waals surface area contributed by atoms with Crippen LogP contribution in [0.5, 0.6) is 0 Å². The Morgan fingerprint density at radius 2 is 1.82 bits per heavy atom. The molecule has 1 aliphatic rings. The molecule has 0 atom stereocenters. The van der Waals surface area contributed by atoms with Crippen molar-refractivity contribution in [3.8, 4) is 5.69 Å². The van der Waals surface area contributed by atoms with Gasteiger partial charge in [-0.25, -0.2) is 19.3 Å². The third kappa shape index (κ3) is 2.04. The van der Waals surface area contributed by atoms with Crippen LogP contribution >= 0.6 is 0 Å². The highest BCUT2D eigenvalue weighted by molar-refractivity contribution is 5.72. The zero-order valence-electron chi connectivity index (χ0n) is 12.4. The minimum atomic E-state index is -0.00593. The van der Waals surface area contributed by atoms with Crippen molar-refractivity contribution < 1.29 is 0 Å². The molecule has 22 heavy (non-hydrogen) atoms. The summed E-state index contributed by atoms with van der Waals surface area (Å²) in [5.41, 5.74) is 2.37. The lowest BCUT2D eigenvalue weighted by Gasteiger charge is -2.22. The number of benzene rings is 1. The third-order valence-corrected chi connectivity index (χ3v) is 4.50. The Kier molecular flexibility index (Phi) is 3.25. The maximum Gasteiger partial charge on any atom is 0.335 e. The zero-order valence-corrected chi connectivity index (χ0v) is 12.4. The van der Waals surface area contributed by atoms with Crippen molar-refractivity contribution in [1.29, 1.82) is 0 Å². The number of imidazole rings is 1. The highest BCUT2D eigenvalue weighted by Crippen LogP contribution is 2.29. The second-order valence-electron chi connectivity index (χ2n) is 5.85. The maximum absolute atomic E-state index is 13.0. The molecule has 0 bridgehead atoms. The van der Waals surface area contributed by atoms with E-state index >= 15 is 0 Å². The van der Waals surface area contributed by atoms with E-state index in [1.165, 1.54) is 25.6 Å². The maximum atomic E-state index is 13.0. The third-order valence-electron chi connectivity index (χ3n) is 4.50. The monoisotopic (exact) mass is 294 g/mol. The molecule has 1 saturated carbocycles. The number of para-hydroxylation sites is 1. The minimum Gasteiger partial charge on any atom is -0.286 e. The molecule has 2 heterocycles. The van der Waals surface area contributed by atoms with Crippen LogP contribution in [0.1, 0.15) is 38.1 Å². The number of rotatable bonds is 2. The Morgan fingerprint density at radius 3 is 2.59 bits per heavy atom. The van der Waals surface area contributed by atoms with Crippen molar-refractivity contribution >= 4 is 11.2 Å². The van der Waals surface area contributed by atoms with E-state index in [1.54, 1.807) is 10.8 Å². The predicted octanol–water partition coefficient (Wildman–Crippen LogP) is 3.09. The lowest BCUT2D eigenvalue weighted by atomic mass is 9.95. The van der Waals surface area contributed by atoms with E-state index in [0.29, 0.717) is 5.65 Å². The van der Waals surface area contributed by atoms with Crippen LogP contribution < -0.4 is 5.69 Å². The first-order valence-corrected chi connectivity index (χ1v) is 7.84. The summed E-state index contributed by atoms with van der Waals surface area (Å²) in [4.78, 5) is 21.5. The molecule has 0 spiro atoms. The van der Waals surface area contributed by atoms with E-state index in [0.717, 1.165) is 24.0 Å². The van der Waals surface area contributed by atoms with Crippen LogP contribution in [0.4, 0.5) is 0 Å². The van der Waals surface area contributed by atoms with E-state index in [4.69, 9.17) is 0 Å². The van der Waals surface area contributed by atoms with Crippen LogP contribution in [0, 0.1) is 0 Å². The van der Waals surface area contributed by atoms with E-state index in [-0.39, 0.29) is 11.7 Å². The molecule has 0 amide bonds. The van der Waals surface area contributed by atoms with Gasteiger partial charge >= 0.3 is 5.69 Å². The van der Waals surface area contributed by atoms with Gasteiger partial charge in [0.25, 0.3) is 0 Å². The lowest BCUT2D eigenvalue weighted by Crippen LogP contribution is -2.28. The molecule has 1 fully saturated rings. The Bertz CT molecular complexity index is 844. The Balaban J connectivity index is 1.98. The predicted molar refractivity (Wildman–Crippen MR) is 85.2 cm³/mol. The van der Waals surface area contributed by atoms with Gasteiger partial charge in [0, 0.05) is 6.04 Å². The molecule has 1 aliphatic carbocycles. The SMILES string of the molecule is O=c1n(-c2ccccc2)c2ncncc2n1C1CCCCC1. The van der Waals surface area contributed by atoms with Gasteiger partial charge in [0.1, 0.15) is 11.8 Å². The molecule has 5 heteroatoms. The molecule has 3 aromatic rings. The second kappa shape index (κ2) is 5.40. The molecule has 4 rings (SSSR count). The zero-order chi connectivity index (χ0) is 14.9. The summed E-state index contributed by atoms with van der Waals surface area (Å²) in [5, 5.41) is 0. The van der Waals surface area contributed by atoms with Gasteiger partial charge in [0.2, 0.25) is 0 Å². The molecule has 2 aromatic heterocycles. The molecule has 0 saturated heterocycles. The first-order valence-electron chi connectivity index (χ1n) is 7.84. The fourth-order valence-corrected chi connectivity index (χ4v) is 3.46. The Hall–Kier alpha value is -2.43. The van der Waals surface area contributed by atoms with E-state index in [2.05, 4.69) is 9.97 Å². The summed E-state index contributed by atoms with van der Waals surface area (Å²) in [6, 6.07) is 9.96. The summed E-state index contributed by atoms with van der Waals surface area (Å²) in [6.45, 7) is 0. The Morgan fingerprint density at radius 1 is 1.05 bits per heavy atom.